The van der Waals surface area contributed by atoms with Gasteiger partial charge in [0.05, 0.1) is 21.7 Å². The molecule has 0 aliphatic carbocycles. The van der Waals surface area contributed by atoms with E-state index in [1.165, 1.54) is 18.2 Å². The smallest absolute Gasteiger partial charge is 0.261 e. The van der Waals surface area contributed by atoms with Crippen molar-refractivity contribution in [3.05, 3.63) is 124 Å². The van der Waals surface area contributed by atoms with Gasteiger partial charge in [-0.25, -0.2) is 8.42 Å². The van der Waals surface area contributed by atoms with E-state index in [9.17, 15) is 13.5 Å². The minimum Gasteiger partial charge on any atom is -0.508 e. The van der Waals surface area contributed by atoms with Crippen LogP contribution in [0.3, 0.4) is 0 Å². The van der Waals surface area contributed by atoms with Gasteiger partial charge < -0.3 is 5.11 Å². The van der Waals surface area contributed by atoms with Crippen LogP contribution < -0.4 is 4.72 Å². The number of halogens is 1. The van der Waals surface area contributed by atoms with E-state index in [0.29, 0.717) is 11.3 Å². The summed E-state index contributed by atoms with van der Waals surface area (Å²) < 4.78 is 29.5. The fraction of sp³-hybridized carbons (Fsp3) is 0.0690. The minimum atomic E-state index is -3.79. The quantitative estimate of drug-likeness (QED) is 0.248. The van der Waals surface area contributed by atoms with Crippen LogP contribution in [0.2, 0.25) is 0 Å². The number of nitrogens with zero attached hydrogens (tertiary/aromatic N) is 1. The molecule has 2 N–H and O–H groups in total. The molecule has 1 atom stereocenters. The molecule has 5 nitrogen and oxygen atoms in total. The van der Waals surface area contributed by atoms with E-state index in [1.54, 1.807) is 30.3 Å². The fourth-order valence-corrected chi connectivity index (χ4v) is 5.76. The van der Waals surface area contributed by atoms with Gasteiger partial charge in [0.25, 0.3) is 10.0 Å². The third kappa shape index (κ3) is 4.47. The number of hydrogen-bond acceptors (Lipinski definition) is 4. The van der Waals surface area contributed by atoms with Gasteiger partial charge in [-0.15, -0.1) is 0 Å². The second-order valence-corrected chi connectivity index (χ2v) is 11.3. The normalized spacial score (nSPS) is 17.1. The van der Waals surface area contributed by atoms with Crippen molar-refractivity contribution >= 4 is 49.1 Å². The SMILES string of the molecule is C[C@]1(c2cc(NS(=O)(=O)c3ccccc3)ccc2O)C(/C=C/c2ccc(Br)cc2)=Nc2ccccc21. The van der Waals surface area contributed by atoms with E-state index in [0.717, 1.165) is 27.0 Å². The van der Waals surface area contributed by atoms with Crippen LogP contribution in [0, 0.1) is 0 Å². The van der Waals surface area contributed by atoms with Gasteiger partial charge in [-0.3, -0.25) is 9.71 Å². The molecule has 36 heavy (non-hydrogen) atoms. The molecule has 0 spiro atoms. The summed E-state index contributed by atoms with van der Waals surface area (Å²) in [5, 5.41) is 11.0. The van der Waals surface area contributed by atoms with Crippen molar-refractivity contribution in [1.82, 2.24) is 0 Å². The first-order chi connectivity index (χ1) is 17.3. The van der Waals surface area contributed by atoms with Crippen LogP contribution in [0.25, 0.3) is 6.08 Å². The summed E-state index contributed by atoms with van der Waals surface area (Å²) in [6.45, 7) is 1.99. The lowest BCUT2D eigenvalue weighted by molar-refractivity contribution is 0.462. The van der Waals surface area contributed by atoms with Crippen molar-refractivity contribution in [1.29, 1.82) is 0 Å². The highest BCUT2D eigenvalue weighted by molar-refractivity contribution is 9.10. The number of aliphatic imine (C=N–C) groups is 1. The number of phenolic OH excluding ortho intramolecular Hbond substituents is 1. The molecule has 0 amide bonds. The first kappa shape index (κ1) is 24.0. The van der Waals surface area contributed by atoms with E-state index in [-0.39, 0.29) is 10.6 Å². The Kier molecular flexibility index (Phi) is 6.28. The number of allylic oxidation sites excluding steroid dienone is 1. The highest BCUT2D eigenvalue weighted by Gasteiger charge is 2.41. The third-order valence-corrected chi connectivity index (χ3v) is 8.27. The molecule has 5 rings (SSSR count). The van der Waals surface area contributed by atoms with Gasteiger partial charge in [-0.05, 0) is 72.7 Å². The van der Waals surface area contributed by atoms with Crippen LogP contribution in [0.4, 0.5) is 11.4 Å². The summed E-state index contributed by atoms with van der Waals surface area (Å²) in [5.74, 6) is 0.0570. The molecule has 0 aromatic heterocycles. The predicted molar refractivity (Wildman–Crippen MR) is 149 cm³/mol. The molecule has 0 unspecified atom stereocenters. The van der Waals surface area contributed by atoms with Crippen molar-refractivity contribution < 1.29 is 13.5 Å². The Morgan fingerprint density at radius 1 is 0.861 bits per heavy atom. The number of aromatic hydroxyl groups is 1. The van der Waals surface area contributed by atoms with Crippen LogP contribution in [0.15, 0.2) is 117 Å². The molecule has 7 heteroatoms. The predicted octanol–water partition coefficient (Wildman–Crippen LogP) is 7.06. The van der Waals surface area contributed by atoms with Crippen LogP contribution in [0.5, 0.6) is 5.75 Å². The highest BCUT2D eigenvalue weighted by Crippen LogP contribution is 2.48. The summed E-state index contributed by atoms with van der Waals surface area (Å²) >= 11 is 3.46. The second kappa shape index (κ2) is 9.41. The van der Waals surface area contributed by atoms with E-state index < -0.39 is 15.4 Å². The lowest BCUT2D eigenvalue weighted by atomic mass is 9.73. The van der Waals surface area contributed by atoms with Crippen LogP contribution >= 0.6 is 15.9 Å². The fourth-order valence-electron chi connectivity index (χ4n) is 4.42. The minimum absolute atomic E-state index is 0.0570. The number of hydrogen-bond donors (Lipinski definition) is 2. The molecule has 1 heterocycles. The van der Waals surface area contributed by atoms with Crippen molar-refractivity contribution in [3.63, 3.8) is 0 Å². The lowest BCUT2D eigenvalue weighted by Gasteiger charge is -2.28. The molecule has 0 saturated carbocycles. The van der Waals surface area contributed by atoms with Crippen molar-refractivity contribution in [3.8, 4) is 5.75 Å². The van der Waals surface area contributed by atoms with Gasteiger partial charge in [-0.1, -0.05) is 70.5 Å². The molecule has 4 aromatic carbocycles. The van der Waals surface area contributed by atoms with E-state index in [1.807, 2.05) is 67.6 Å². The number of benzene rings is 4. The molecule has 0 saturated heterocycles. The maximum Gasteiger partial charge on any atom is 0.261 e. The summed E-state index contributed by atoms with van der Waals surface area (Å²) in [6.07, 6.45) is 3.93. The lowest BCUT2D eigenvalue weighted by Crippen LogP contribution is -2.30. The number of para-hydroxylation sites is 1. The molecule has 0 bridgehead atoms. The van der Waals surface area contributed by atoms with Gasteiger partial charge in [0.1, 0.15) is 5.75 Å². The molecule has 0 radical (unpaired) electrons. The van der Waals surface area contributed by atoms with Crippen LogP contribution in [-0.2, 0) is 15.4 Å². The maximum atomic E-state index is 12.9. The zero-order valence-corrected chi connectivity index (χ0v) is 21.8. The molecule has 1 aliphatic heterocycles. The van der Waals surface area contributed by atoms with E-state index >= 15 is 0 Å². The highest BCUT2D eigenvalue weighted by atomic mass is 79.9. The Bertz CT molecular complexity index is 1600. The Morgan fingerprint density at radius 2 is 1.56 bits per heavy atom. The van der Waals surface area contributed by atoms with Gasteiger partial charge in [0.15, 0.2) is 0 Å². The average Bonchev–Trinajstić information content (AvgIpc) is 3.17. The largest absolute Gasteiger partial charge is 0.508 e. The number of anilines is 1. The van der Waals surface area contributed by atoms with Crippen molar-refractivity contribution in [2.24, 2.45) is 4.99 Å². The topological polar surface area (TPSA) is 78.8 Å². The van der Waals surface area contributed by atoms with Gasteiger partial charge >= 0.3 is 0 Å². The van der Waals surface area contributed by atoms with E-state index in [4.69, 9.17) is 4.99 Å². The zero-order chi connectivity index (χ0) is 25.3. The van der Waals surface area contributed by atoms with E-state index in [2.05, 4.69) is 20.7 Å². The number of fused-ring (bicyclic) bond motifs is 1. The van der Waals surface area contributed by atoms with Crippen molar-refractivity contribution in [2.45, 2.75) is 17.2 Å². The van der Waals surface area contributed by atoms with Gasteiger partial charge in [-0.2, -0.15) is 0 Å². The molecule has 0 fully saturated rings. The third-order valence-electron chi connectivity index (χ3n) is 6.34. The summed E-state index contributed by atoms with van der Waals surface area (Å²) in [7, 11) is -3.79. The maximum absolute atomic E-state index is 12.9. The Hall–Kier alpha value is -3.68. The van der Waals surface area contributed by atoms with Crippen LogP contribution in [-0.4, -0.2) is 19.2 Å². The average molecular weight is 559 g/mol. The van der Waals surface area contributed by atoms with Crippen molar-refractivity contribution in [2.75, 3.05) is 4.72 Å². The molecule has 1 aliphatic rings. The summed E-state index contributed by atoms with van der Waals surface area (Å²) in [6, 6.07) is 28.7. The number of phenols is 1. The first-order valence-electron chi connectivity index (χ1n) is 11.3. The summed E-state index contributed by atoms with van der Waals surface area (Å²) in [4.78, 5) is 5.04. The Morgan fingerprint density at radius 3 is 2.31 bits per heavy atom. The Balaban J connectivity index is 1.57. The number of rotatable bonds is 6. The standard InChI is InChI=1S/C29H23BrN2O3S/c1-29(25-19-22(16-17-27(25)33)32-36(34,35)23-7-3-2-4-8-23)24-9-5-6-10-26(24)31-28(29)18-13-20-11-14-21(30)15-12-20/h2-19,32-33H,1H3/b18-13+/t29-/m0/s1. The number of nitrogens with one attached hydrogen (secondary N) is 1. The molecule has 180 valence electrons. The summed E-state index contributed by atoms with van der Waals surface area (Å²) in [5.41, 5.74) is 3.59. The first-order valence-corrected chi connectivity index (χ1v) is 13.6. The molecule has 4 aromatic rings. The second-order valence-electron chi connectivity index (χ2n) is 8.67. The zero-order valence-electron chi connectivity index (χ0n) is 19.4. The molecular formula is C29H23BrN2O3S. The van der Waals surface area contributed by atoms with Gasteiger partial charge in [0, 0.05) is 15.7 Å². The molecular weight excluding hydrogens is 536 g/mol. The number of sulfonamides is 1. The van der Waals surface area contributed by atoms with Crippen LogP contribution in [0.1, 0.15) is 23.6 Å². The monoisotopic (exact) mass is 558 g/mol. The van der Waals surface area contributed by atoms with Gasteiger partial charge in [0.2, 0.25) is 0 Å². The Labute approximate surface area is 219 Å².